The normalized spacial score (nSPS) is 10.8. The lowest BCUT2D eigenvalue weighted by atomic mass is 9.90. The Morgan fingerprint density at radius 2 is 0.655 bits per heavy atom. The monoisotopic (exact) mass is 756 g/mol. The van der Waals surface area contributed by atoms with Gasteiger partial charge in [-0.15, -0.1) is 0 Å². The standard InChI is InChI=1S/C43H48O12/c1-52-38(46)13-7-26-5-11-36(44)30(17-26)23-32-19-28(9-15-40(48)54-3)21-34(42(32)50)25-35-22-29(10-16-41(49)55-4)20-33(43(35)51)24-31-18-27(6-12-37(31)45)8-14-39(47)53-2/h5-6,11-12,17-22,44-45,50-51H,7-10,13-16,23-25H2,1-4H3. The number of hydrogen-bond donors (Lipinski definition) is 4. The first kappa shape index (κ1) is 41.7. The summed E-state index contributed by atoms with van der Waals surface area (Å²) in [5.41, 5.74) is 5.85. The van der Waals surface area contributed by atoms with E-state index in [1.165, 1.54) is 40.6 Å². The molecule has 292 valence electrons. The SMILES string of the molecule is COC(=O)CCc1ccc(O)c(Cc2cc(CCC(=O)OC)cc(Cc3cc(CCC(=O)OC)cc(Cc4cc(CCC(=O)OC)ccc4O)c3O)c2O)c1. The van der Waals surface area contributed by atoms with Gasteiger partial charge in [0.25, 0.3) is 0 Å². The van der Waals surface area contributed by atoms with Crippen LogP contribution in [0.1, 0.15) is 81.3 Å². The van der Waals surface area contributed by atoms with Gasteiger partial charge in [0.1, 0.15) is 23.0 Å². The second kappa shape index (κ2) is 19.9. The van der Waals surface area contributed by atoms with E-state index in [1.54, 1.807) is 48.5 Å². The summed E-state index contributed by atoms with van der Waals surface area (Å²) in [5, 5.41) is 45.0. The summed E-state index contributed by atoms with van der Waals surface area (Å²) in [6.07, 6.45) is 2.11. The van der Waals surface area contributed by atoms with Crippen LogP contribution in [0.4, 0.5) is 0 Å². The maximum Gasteiger partial charge on any atom is 0.305 e. The first-order valence-corrected chi connectivity index (χ1v) is 17.9. The maximum absolute atomic E-state index is 12.1. The maximum atomic E-state index is 12.1. The molecule has 0 aromatic heterocycles. The third-order valence-corrected chi connectivity index (χ3v) is 9.47. The molecule has 4 rings (SSSR count). The van der Waals surface area contributed by atoms with Crippen molar-refractivity contribution in [1.82, 2.24) is 0 Å². The van der Waals surface area contributed by atoms with Crippen LogP contribution in [0.15, 0.2) is 60.7 Å². The Kier molecular flexibility index (Phi) is 15.1. The van der Waals surface area contributed by atoms with E-state index in [0.29, 0.717) is 70.2 Å². The predicted octanol–water partition coefficient (Wildman–Crippen LogP) is 5.70. The molecule has 0 radical (unpaired) electrons. The molecule has 4 aromatic rings. The van der Waals surface area contributed by atoms with Crippen molar-refractivity contribution in [2.24, 2.45) is 0 Å². The molecule has 4 N–H and O–H groups in total. The van der Waals surface area contributed by atoms with Crippen LogP contribution >= 0.6 is 0 Å². The molecule has 0 saturated heterocycles. The van der Waals surface area contributed by atoms with Crippen molar-refractivity contribution in [2.75, 3.05) is 28.4 Å². The Morgan fingerprint density at radius 3 is 0.945 bits per heavy atom. The summed E-state index contributed by atoms with van der Waals surface area (Å²) < 4.78 is 19.2. The highest BCUT2D eigenvalue weighted by molar-refractivity contribution is 5.71. The quantitative estimate of drug-likeness (QED) is 0.0718. The van der Waals surface area contributed by atoms with Crippen molar-refractivity contribution in [3.05, 3.63) is 116 Å². The van der Waals surface area contributed by atoms with Crippen molar-refractivity contribution >= 4 is 23.9 Å². The molecule has 0 fully saturated rings. The van der Waals surface area contributed by atoms with Crippen molar-refractivity contribution in [3.8, 4) is 23.0 Å². The fourth-order valence-electron chi connectivity index (χ4n) is 6.37. The van der Waals surface area contributed by atoms with Gasteiger partial charge in [0.15, 0.2) is 0 Å². The minimum absolute atomic E-state index is 0.000874. The van der Waals surface area contributed by atoms with E-state index in [0.717, 1.165) is 11.1 Å². The fourth-order valence-corrected chi connectivity index (χ4v) is 6.37. The van der Waals surface area contributed by atoms with Gasteiger partial charge >= 0.3 is 23.9 Å². The summed E-state index contributed by atoms with van der Waals surface area (Å²) in [4.78, 5) is 47.7. The number of ether oxygens (including phenoxy) is 4. The summed E-state index contributed by atoms with van der Waals surface area (Å²) in [6.45, 7) is 0. The van der Waals surface area contributed by atoms with E-state index in [2.05, 4.69) is 0 Å². The molecule has 0 saturated carbocycles. The Morgan fingerprint density at radius 1 is 0.400 bits per heavy atom. The number of aromatic hydroxyl groups is 4. The molecule has 0 spiro atoms. The van der Waals surface area contributed by atoms with Gasteiger partial charge < -0.3 is 39.4 Å². The first-order valence-electron chi connectivity index (χ1n) is 17.9. The highest BCUT2D eigenvalue weighted by Gasteiger charge is 2.19. The van der Waals surface area contributed by atoms with Crippen LogP contribution in [-0.4, -0.2) is 72.7 Å². The van der Waals surface area contributed by atoms with Gasteiger partial charge in [-0.3, -0.25) is 19.2 Å². The number of phenols is 4. The number of phenolic OH excluding ortho intramolecular Hbond substituents is 4. The predicted molar refractivity (Wildman–Crippen MR) is 202 cm³/mol. The second-order valence-corrected chi connectivity index (χ2v) is 13.3. The number of methoxy groups -OCH3 is 4. The number of carbonyl (C=O) groups is 4. The molecule has 0 unspecified atom stereocenters. The molecule has 4 aromatic carbocycles. The zero-order valence-electron chi connectivity index (χ0n) is 31.6. The molecule has 0 aliphatic heterocycles. The zero-order valence-corrected chi connectivity index (χ0v) is 31.6. The van der Waals surface area contributed by atoms with Crippen molar-refractivity contribution in [2.45, 2.75) is 70.6 Å². The lowest BCUT2D eigenvalue weighted by Gasteiger charge is -2.18. The average Bonchev–Trinajstić information content (AvgIpc) is 3.18. The lowest BCUT2D eigenvalue weighted by Crippen LogP contribution is -2.05. The van der Waals surface area contributed by atoms with E-state index < -0.39 is 11.9 Å². The topological polar surface area (TPSA) is 186 Å². The van der Waals surface area contributed by atoms with Crippen LogP contribution in [0.5, 0.6) is 23.0 Å². The number of aryl methyl sites for hydroxylation is 4. The fraction of sp³-hybridized carbons (Fsp3) is 0.349. The number of rotatable bonds is 18. The third kappa shape index (κ3) is 12.0. The van der Waals surface area contributed by atoms with E-state index in [-0.39, 0.29) is 79.9 Å². The van der Waals surface area contributed by atoms with Gasteiger partial charge in [-0.05, 0) is 93.5 Å². The third-order valence-electron chi connectivity index (χ3n) is 9.47. The molecule has 0 aliphatic rings. The van der Waals surface area contributed by atoms with Crippen LogP contribution in [0.2, 0.25) is 0 Å². The number of benzene rings is 4. The van der Waals surface area contributed by atoms with Crippen LogP contribution in [-0.2, 0) is 83.1 Å². The van der Waals surface area contributed by atoms with E-state index in [9.17, 15) is 39.6 Å². The Hall–Kier alpha value is -6.04. The van der Waals surface area contributed by atoms with Crippen molar-refractivity contribution in [3.63, 3.8) is 0 Å². The summed E-state index contributed by atoms with van der Waals surface area (Å²) >= 11 is 0. The van der Waals surface area contributed by atoms with E-state index in [1.807, 2.05) is 0 Å². The summed E-state index contributed by atoms with van der Waals surface area (Å²) in [6, 6.07) is 17.1. The van der Waals surface area contributed by atoms with Crippen LogP contribution < -0.4 is 0 Å². The lowest BCUT2D eigenvalue weighted by molar-refractivity contribution is -0.141. The summed E-state index contributed by atoms with van der Waals surface area (Å²) in [5.74, 6) is -1.69. The molecule has 12 nitrogen and oxygen atoms in total. The van der Waals surface area contributed by atoms with Crippen LogP contribution in [0.25, 0.3) is 0 Å². The molecule has 0 aliphatic carbocycles. The van der Waals surface area contributed by atoms with E-state index >= 15 is 0 Å². The Labute approximate surface area is 320 Å². The van der Waals surface area contributed by atoms with Gasteiger partial charge in [-0.25, -0.2) is 0 Å². The summed E-state index contributed by atoms with van der Waals surface area (Å²) in [7, 11) is 5.24. The Bertz CT molecular complexity index is 1870. The highest BCUT2D eigenvalue weighted by atomic mass is 16.5. The minimum atomic E-state index is -0.412. The average molecular weight is 757 g/mol. The van der Waals surface area contributed by atoms with E-state index in [4.69, 9.17) is 18.9 Å². The number of carbonyl (C=O) groups excluding carboxylic acids is 4. The van der Waals surface area contributed by atoms with Gasteiger partial charge in [-0.1, -0.05) is 48.5 Å². The number of hydrogen-bond acceptors (Lipinski definition) is 12. The molecule has 0 bridgehead atoms. The van der Waals surface area contributed by atoms with Gasteiger partial charge in [-0.2, -0.15) is 0 Å². The second-order valence-electron chi connectivity index (χ2n) is 13.3. The van der Waals surface area contributed by atoms with Crippen molar-refractivity contribution in [1.29, 1.82) is 0 Å². The Balaban J connectivity index is 1.76. The molecule has 0 amide bonds. The zero-order chi connectivity index (χ0) is 40.1. The smallest absolute Gasteiger partial charge is 0.305 e. The largest absolute Gasteiger partial charge is 0.508 e. The van der Waals surface area contributed by atoms with Gasteiger partial charge in [0.2, 0.25) is 0 Å². The molecular formula is C43H48O12. The highest BCUT2D eigenvalue weighted by Crippen LogP contribution is 2.36. The molecule has 12 heteroatoms. The first-order chi connectivity index (χ1) is 26.3. The van der Waals surface area contributed by atoms with Gasteiger partial charge in [0, 0.05) is 44.9 Å². The molecule has 0 heterocycles. The number of esters is 4. The molecule has 0 atom stereocenters. The van der Waals surface area contributed by atoms with Crippen LogP contribution in [0.3, 0.4) is 0 Å². The molecular weight excluding hydrogens is 708 g/mol. The minimum Gasteiger partial charge on any atom is -0.508 e. The van der Waals surface area contributed by atoms with Crippen LogP contribution in [0, 0.1) is 0 Å². The molecule has 55 heavy (non-hydrogen) atoms. The van der Waals surface area contributed by atoms with Crippen molar-refractivity contribution < 1.29 is 58.6 Å². The van der Waals surface area contributed by atoms with Gasteiger partial charge in [0.05, 0.1) is 28.4 Å².